The van der Waals surface area contributed by atoms with E-state index in [0.717, 1.165) is 5.56 Å². The fourth-order valence-electron chi connectivity index (χ4n) is 1.37. The van der Waals surface area contributed by atoms with Crippen molar-refractivity contribution < 1.29 is 14.3 Å². The van der Waals surface area contributed by atoms with Crippen molar-refractivity contribution in [2.45, 2.75) is 12.8 Å². The van der Waals surface area contributed by atoms with Gasteiger partial charge in [0, 0.05) is 0 Å². The Labute approximate surface area is 93.0 Å². The standard InChI is InChI=1S/C11H11ClO3/c1-7-5-3-4-6-8(7)9(10(12)13)11(14)15-2/h3-6,9H,1-2H3. The number of aryl methyl sites for hydroxylation is 1. The molecule has 0 aliphatic rings. The third kappa shape index (κ3) is 2.57. The van der Waals surface area contributed by atoms with Crippen LogP contribution in [-0.4, -0.2) is 18.3 Å². The average Bonchev–Trinajstić information content (AvgIpc) is 2.20. The number of methoxy groups -OCH3 is 1. The van der Waals surface area contributed by atoms with Crippen molar-refractivity contribution in [1.82, 2.24) is 0 Å². The molecule has 0 aliphatic heterocycles. The monoisotopic (exact) mass is 226 g/mol. The number of hydrogen-bond acceptors (Lipinski definition) is 3. The zero-order valence-corrected chi connectivity index (χ0v) is 9.25. The predicted molar refractivity (Wildman–Crippen MR) is 56.8 cm³/mol. The van der Waals surface area contributed by atoms with Gasteiger partial charge < -0.3 is 4.74 Å². The van der Waals surface area contributed by atoms with Crippen LogP contribution < -0.4 is 0 Å². The molecular formula is C11H11ClO3. The second-order valence-corrected chi connectivity index (χ2v) is 3.49. The summed E-state index contributed by atoms with van der Waals surface area (Å²) in [5.41, 5.74) is 1.42. The second kappa shape index (κ2) is 4.94. The molecule has 0 amide bonds. The lowest BCUT2D eigenvalue weighted by Gasteiger charge is -2.12. The normalized spacial score (nSPS) is 11.9. The molecule has 0 bridgehead atoms. The van der Waals surface area contributed by atoms with E-state index >= 15 is 0 Å². The first-order valence-electron chi connectivity index (χ1n) is 4.40. The van der Waals surface area contributed by atoms with Crippen LogP contribution in [0.25, 0.3) is 0 Å². The Morgan fingerprint density at radius 2 is 1.93 bits per heavy atom. The van der Waals surface area contributed by atoms with Gasteiger partial charge in [0.2, 0.25) is 5.24 Å². The molecule has 1 unspecified atom stereocenters. The van der Waals surface area contributed by atoms with Gasteiger partial charge in [-0.05, 0) is 29.7 Å². The van der Waals surface area contributed by atoms with E-state index < -0.39 is 17.1 Å². The van der Waals surface area contributed by atoms with Crippen LogP contribution in [0.3, 0.4) is 0 Å². The second-order valence-electron chi connectivity index (χ2n) is 3.12. The molecule has 1 rings (SSSR count). The summed E-state index contributed by atoms with van der Waals surface area (Å²) in [6.45, 7) is 1.81. The smallest absolute Gasteiger partial charge is 0.322 e. The number of carbonyl (C=O) groups is 2. The van der Waals surface area contributed by atoms with Crippen molar-refractivity contribution in [3.05, 3.63) is 35.4 Å². The molecule has 0 aromatic heterocycles. The number of rotatable bonds is 3. The molecule has 1 aromatic carbocycles. The minimum atomic E-state index is -1.03. The van der Waals surface area contributed by atoms with Crippen LogP contribution in [0.2, 0.25) is 0 Å². The summed E-state index contributed by atoms with van der Waals surface area (Å²) in [7, 11) is 1.23. The summed E-state index contributed by atoms with van der Waals surface area (Å²) in [5, 5.41) is -0.726. The number of benzene rings is 1. The third-order valence-electron chi connectivity index (χ3n) is 2.16. The first kappa shape index (κ1) is 11.7. The molecule has 0 fully saturated rings. The molecule has 3 nitrogen and oxygen atoms in total. The van der Waals surface area contributed by atoms with Gasteiger partial charge >= 0.3 is 5.97 Å². The fraction of sp³-hybridized carbons (Fsp3) is 0.273. The summed E-state index contributed by atoms with van der Waals surface area (Å²) in [6.07, 6.45) is 0. The van der Waals surface area contributed by atoms with E-state index in [1.807, 2.05) is 19.1 Å². The average molecular weight is 227 g/mol. The maximum absolute atomic E-state index is 11.4. The van der Waals surface area contributed by atoms with E-state index in [-0.39, 0.29) is 0 Å². The summed E-state index contributed by atoms with van der Waals surface area (Å²) in [6, 6.07) is 7.08. The van der Waals surface area contributed by atoms with Crippen LogP contribution in [0.4, 0.5) is 0 Å². The van der Waals surface area contributed by atoms with E-state index in [0.29, 0.717) is 5.56 Å². The number of carbonyl (C=O) groups excluding carboxylic acids is 2. The SMILES string of the molecule is COC(=O)C(C(=O)Cl)c1ccccc1C. The minimum absolute atomic E-state index is 0.587. The Hall–Kier alpha value is -1.35. The molecular weight excluding hydrogens is 216 g/mol. The van der Waals surface area contributed by atoms with Crippen LogP contribution in [0.5, 0.6) is 0 Å². The Morgan fingerprint density at radius 1 is 1.33 bits per heavy atom. The van der Waals surface area contributed by atoms with Crippen molar-refractivity contribution in [1.29, 1.82) is 0 Å². The Morgan fingerprint density at radius 3 is 2.40 bits per heavy atom. The maximum Gasteiger partial charge on any atom is 0.322 e. The number of hydrogen-bond donors (Lipinski definition) is 0. The van der Waals surface area contributed by atoms with Crippen LogP contribution in [0.1, 0.15) is 17.0 Å². The molecule has 1 aromatic rings. The van der Waals surface area contributed by atoms with E-state index in [1.54, 1.807) is 12.1 Å². The molecule has 0 spiro atoms. The number of esters is 1. The maximum atomic E-state index is 11.4. The quantitative estimate of drug-likeness (QED) is 0.450. The highest BCUT2D eigenvalue weighted by atomic mass is 35.5. The molecule has 0 radical (unpaired) electrons. The third-order valence-corrected chi connectivity index (χ3v) is 2.38. The zero-order chi connectivity index (χ0) is 11.4. The molecule has 4 heteroatoms. The van der Waals surface area contributed by atoms with E-state index in [4.69, 9.17) is 11.6 Å². The molecule has 0 saturated carbocycles. The molecule has 0 heterocycles. The van der Waals surface area contributed by atoms with Gasteiger partial charge in [0.1, 0.15) is 0 Å². The van der Waals surface area contributed by atoms with Crippen LogP contribution >= 0.6 is 11.6 Å². The molecule has 80 valence electrons. The van der Waals surface area contributed by atoms with Crippen molar-refractivity contribution in [2.24, 2.45) is 0 Å². The predicted octanol–water partition coefficient (Wildman–Crippen LogP) is 2.02. The van der Waals surface area contributed by atoms with Gasteiger partial charge in [0.25, 0.3) is 0 Å². The molecule has 0 aliphatic carbocycles. The Kier molecular flexibility index (Phi) is 3.86. The summed E-state index contributed by atoms with van der Waals surface area (Å²) >= 11 is 5.38. The first-order chi connectivity index (χ1) is 7.07. The zero-order valence-electron chi connectivity index (χ0n) is 8.49. The topological polar surface area (TPSA) is 43.4 Å². The summed E-state index contributed by atoms with van der Waals surface area (Å²) in [4.78, 5) is 22.5. The van der Waals surface area contributed by atoms with Gasteiger partial charge in [-0.15, -0.1) is 0 Å². The van der Waals surface area contributed by atoms with Gasteiger partial charge in [0.05, 0.1) is 7.11 Å². The molecule has 0 N–H and O–H groups in total. The number of halogens is 1. The van der Waals surface area contributed by atoms with Gasteiger partial charge in [-0.25, -0.2) is 0 Å². The van der Waals surface area contributed by atoms with E-state index in [1.165, 1.54) is 7.11 Å². The van der Waals surface area contributed by atoms with Crippen molar-refractivity contribution in [2.75, 3.05) is 7.11 Å². The molecule has 15 heavy (non-hydrogen) atoms. The lowest BCUT2D eigenvalue weighted by atomic mass is 9.96. The van der Waals surface area contributed by atoms with Crippen molar-refractivity contribution in [3.63, 3.8) is 0 Å². The van der Waals surface area contributed by atoms with Crippen molar-refractivity contribution in [3.8, 4) is 0 Å². The highest BCUT2D eigenvalue weighted by Crippen LogP contribution is 2.23. The lowest BCUT2D eigenvalue weighted by Crippen LogP contribution is -2.20. The summed E-state index contributed by atoms with van der Waals surface area (Å²) < 4.78 is 4.54. The Bertz CT molecular complexity index is 387. The van der Waals surface area contributed by atoms with Gasteiger partial charge in [-0.3, -0.25) is 9.59 Å². The van der Waals surface area contributed by atoms with Crippen molar-refractivity contribution >= 4 is 22.8 Å². The molecule has 1 atom stereocenters. The highest BCUT2D eigenvalue weighted by molar-refractivity contribution is 6.66. The number of ether oxygens (including phenoxy) is 1. The molecule has 0 saturated heterocycles. The first-order valence-corrected chi connectivity index (χ1v) is 4.78. The van der Waals surface area contributed by atoms with Crippen LogP contribution in [-0.2, 0) is 14.3 Å². The van der Waals surface area contributed by atoms with Gasteiger partial charge in [-0.2, -0.15) is 0 Å². The minimum Gasteiger partial charge on any atom is -0.468 e. The largest absolute Gasteiger partial charge is 0.468 e. The lowest BCUT2D eigenvalue weighted by molar-refractivity contribution is -0.144. The Balaban J connectivity index is 3.16. The van der Waals surface area contributed by atoms with E-state index in [2.05, 4.69) is 4.74 Å². The van der Waals surface area contributed by atoms with Crippen LogP contribution in [0.15, 0.2) is 24.3 Å². The van der Waals surface area contributed by atoms with Crippen LogP contribution in [0, 0.1) is 6.92 Å². The highest BCUT2D eigenvalue weighted by Gasteiger charge is 2.28. The van der Waals surface area contributed by atoms with Gasteiger partial charge in [0.15, 0.2) is 5.92 Å². The summed E-state index contributed by atoms with van der Waals surface area (Å²) in [5.74, 6) is -1.66. The fourth-order valence-corrected chi connectivity index (χ4v) is 1.58. The van der Waals surface area contributed by atoms with Gasteiger partial charge in [-0.1, -0.05) is 24.3 Å². The van der Waals surface area contributed by atoms with E-state index in [9.17, 15) is 9.59 Å².